The maximum absolute atomic E-state index is 12.8. The average Bonchev–Trinajstić information content (AvgIpc) is 3.20. The van der Waals surface area contributed by atoms with Crippen molar-refractivity contribution in [3.63, 3.8) is 0 Å². The van der Waals surface area contributed by atoms with Gasteiger partial charge in [0.25, 0.3) is 0 Å². The summed E-state index contributed by atoms with van der Waals surface area (Å²) in [6, 6.07) is 8.21. The van der Waals surface area contributed by atoms with Crippen LogP contribution >= 0.6 is 8.18 Å². The highest BCUT2D eigenvalue weighted by Gasteiger charge is 2.45. The second-order valence-corrected chi connectivity index (χ2v) is 10.4. The highest BCUT2D eigenvalue weighted by molar-refractivity contribution is 7.36. The van der Waals surface area contributed by atoms with E-state index in [1.165, 1.54) is 19.2 Å². The van der Waals surface area contributed by atoms with Crippen LogP contribution in [0, 0.1) is 0 Å². The Bertz CT molecular complexity index is 1200. The summed E-state index contributed by atoms with van der Waals surface area (Å²) in [6.07, 6.45) is -2.42. The van der Waals surface area contributed by atoms with Gasteiger partial charge in [0.05, 0.1) is 6.10 Å². The second-order valence-electron chi connectivity index (χ2n) is 9.32. The number of ether oxygens (including phenoxy) is 2. The standard InChI is InChI=1S/C23H29N4O10P/c1-14(20(29)30)27(37-15-8-6-5-7-9-15)38(33)34-13-17-16(28)12-19(35-17)26-11-10-18(24-21(26)31)25-22(32)36-23(2,3)4/h5-11,14,16-17,19,28H,12-13H2,1-4H3,(H-,24,25,29,30,31,32)/p+1/t14?,16-,17+,19+/m0/s1. The van der Waals surface area contributed by atoms with Crippen LogP contribution in [0.3, 0.4) is 0 Å². The van der Waals surface area contributed by atoms with Crippen molar-refractivity contribution in [1.82, 2.24) is 14.4 Å². The van der Waals surface area contributed by atoms with Gasteiger partial charge in [0.15, 0.2) is 11.8 Å². The van der Waals surface area contributed by atoms with E-state index in [9.17, 15) is 29.2 Å². The van der Waals surface area contributed by atoms with Gasteiger partial charge >= 0.3 is 25.9 Å². The lowest BCUT2D eigenvalue weighted by molar-refractivity contribution is -0.148. The van der Waals surface area contributed by atoms with E-state index in [2.05, 4.69) is 10.3 Å². The number of rotatable bonds is 10. The number of carboxylic acid groups (broad SMARTS) is 1. The van der Waals surface area contributed by atoms with Crippen LogP contribution in [0.4, 0.5) is 10.6 Å². The van der Waals surface area contributed by atoms with Gasteiger partial charge in [0.1, 0.15) is 35.2 Å². The van der Waals surface area contributed by atoms with Crippen molar-refractivity contribution in [3.05, 3.63) is 53.1 Å². The van der Waals surface area contributed by atoms with Crippen LogP contribution in [-0.4, -0.2) is 67.1 Å². The molecule has 0 saturated carbocycles. The van der Waals surface area contributed by atoms with Gasteiger partial charge in [-0.3, -0.25) is 14.7 Å². The number of hydroxylamine groups is 1. The van der Waals surface area contributed by atoms with Crippen LogP contribution in [0.15, 0.2) is 47.4 Å². The number of nitrogens with one attached hydrogen (secondary N) is 1. The molecule has 0 radical (unpaired) electrons. The fourth-order valence-electron chi connectivity index (χ4n) is 3.28. The van der Waals surface area contributed by atoms with Gasteiger partial charge in [-0.05, 0) is 50.5 Å². The third-order valence-corrected chi connectivity index (χ3v) is 6.23. The van der Waals surface area contributed by atoms with Crippen LogP contribution < -0.4 is 15.8 Å². The predicted molar refractivity (Wildman–Crippen MR) is 132 cm³/mol. The first kappa shape index (κ1) is 29.1. The number of para-hydroxylation sites is 1. The van der Waals surface area contributed by atoms with E-state index in [0.717, 1.165) is 4.57 Å². The summed E-state index contributed by atoms with van der Waals surface area (Å²) < 4.78 is 30.1. The molecule has 1 fully saturated rings. The van der Waals surface area contributed by atoms with Crippen molar-refractivity contribution in [3.8, 4) is 5.75 Å². The molecule has 38 heavy (non-hydrogen) atoms. The molecule has 14 nitrogen and oxygen atoms in total. The van der Waals surface area contributed by atoms with E-state index >= 15 is 0 Å². The third-order valence-electron chi connectivity index (χ3n) is 5.11. The molecule has 1 aliphatic heterocycles. The number of anilines is 1. The summed E-state index contributed by atoms with van der Waals surface area (Å²) in [5.41, 5.74) is -1.48. The van der Waals surface area contributed by atoms with Gasteiger partial charge in [0, 0.05) is 12.6 Å². The summed E-state index contributed by atoms with van der Waals surface area (Å²) in [6.45, 7) is 5.97. The first-order valence-electron chi connectivity index (χ1n) is 11.6. The topological polar surface area (TPSA) is 179 Å². The molecule has 2 unspecified atom stereocenters. The second kappa shape index (κ2) is 12.4. The SMILES string of the molecule is CC(C(=O)O)N(Oc1ccccc1)[P+](=O)OC[C@H]1O[C@@H](n2ccc(NC(=O)OC(C)(C)C)nc2=O)C[C@@H]1O. The molecule has 0 spiro atoms. The molecule has 3 N–H and O–H groups in total. The molecular weight excluding hydrogens is 523 g/mol. The Morgan fingerprint density at radius 2 is 1.97 bits per heavy atom. The molecule has 0 bridgehead atoms. The molecule has 2 heterocycles. The van der Waals surface area contributed by atoms with Crippen LogP contribution in [0.1, 0.15) is 40.3 Å². The van der Waals surface area contributed by atoms with E-state index < -0.39 is 56.0 Å². The average molecular weight is 553 g/mol. The molecule has 1 aliphatic rings. The Hall–Kier alpha value is -3.42. The molecule has 1 amide bonds. The van der Waals surface area contributed by atoms with Crippen molar-refractivity contribution in [1.29, 1.82) is 0 Å². The molecule has 1 aromatic carbocycles. The number of carbonyl (C=O) groups excluding carboxylic acids is 1. The van der Waals surface area contributed by atoms with E-state index in [1.807, 2.05) is 0 Å². The molecule has 15 heteroatoms. The van der Waals surface area contributed by atoms with Crippen molar-refractivity contribution >= 4 is 26.1 Å². The number of nitrogens with zero attached hydrogens (tertiary/aromatic N) is 3. The Balaban J connectivity index is 1.61. The number of aromatic nitrogens is 2. The number of aliphatic hydroxyl groups is 1. The lowest BCUT2D eigenvalue weighted by atomic mass is 10.2. The lowest BCUT2D eigenvalue weighted by Crippen LogP contribution is -2.37. The van der Waals surface area contributed by atoms with Gasteiger partial charge < -0.3 is 24.5 Å². The number of benzene rings is 1. The summed E-state index contributed by atoms with van der Waals surface area (Å²) in [4.78, 5) is 45.9. The molecule has 3 rings (SSSR count). The highest BCUT2D eigenvalue weighted by atomic mass is 31.1. The summed E-state index contributed by atoms with van der Waals surface area (Å²) in [7, 11) is -2.82. The number of carboxylic acids is 1. The summed E-state index contributed by atoms with van der Waals surface area (Å²) in [5, 5.41) is 22.2. The predicted octanol–water partition coefficient (Wildman–Crippen LogP) is 2.68. The first-order chi connectivity index (χ1) is 17.8. The molecule has 206 valence electrons. The molecule has 1 saturated heterocycles. The minimum Gasteiger partial charge on any atom is -0.480 e. The van der Waals surface area contributed by atoms with E-state index in [0.29, 0.717) is 4.83 Å². The minimum absolute atomic E-state index is 0.000988. The smallest absolute Gasteiger partial charge is 0.480 e. The Morgan fingerprint density at radius 1 is 1.29 bits per heavy atom. The first-order valence-corrected chi connectivity index (χ1v) is 12.7. The minimum atomic E-state index is -2.82. The summed E-state index contributed by atoms with van der Waals surface area (Å²) >= 11 is 0. The van der Waals surface area contributed by atoms with Crippen molar-refractivity contribution in [2.45, 2.75) is 64.2 Å². The highest BCUT2D eigenvalue weighted by Crippen LogP contribution is 2.35. The van der Waals surface area contributed by atoms with Crippen LogP contribution in [-0.2, 0) is 23.4 Å². The van der Waals surface area contributed by atoms with Crippen LogP contribution in [0.5, 0.6) is 5.75 Å². The maximum Gasteiger partial charge on any atom is 0.653 e. The number of aliphatic carboxylic acids is 1. The van der Waals surface area contributed by atoms with E-state index in [-0.39, 0.29) is 24.6 Å². The zero-order chi connectivity index (χ0) is 28.0. The molecular formula is C23H30N4O10P+. The Morgan fingerprint density at radius 3 is 2.58 bits per heavy atom. The van der Waals surface area contributed by atoms with Crippen molar-refractivity contribution < 1.29 is 43.2 Å². The summed E-state index contributed by atoms with van der Waals surface area (Å²) in [5.74, 6) is -1.06. The fraction of sp³-hybridized carbons (Fsp3) is 0.478. The van der Waals surface area contributed by atoms with E-state index in [1.54, 1.807) is 51.1 Å². The Labute approximate surface area is 219 Å². The van der Waals surface area contributed by atoms with Crippen molar-refractivity contribution in [2.75, 3.05) is 11.9 Å². The lowest BCUT2D eigenvalue weighted by Gasteiger charge is -2.19. The molecule has 5 atom stereocenters. The zero-order valence-corrected chi connectivity index (χ0v) is 22.1. The maximum atomic E-state index is 12.8. The number of carbonyl (C=O) groups is 2. The number of hydrogen-bond acceptors (Lipinski definition) is 10. The fourth-order valence-corrected chi connectivity index (χ4v) is 4.21. The largest absolute Gasteiger partial charge is 0.653 e. The number of aliphatic hydroxyl groups excluding tert-OH is 1. The zero-order valence-electron chi connectivity index (χ0n) is 21.2. The molecule has 0 aliphatic carbocycles. The van der Waals surface area contributed by atoms with Gasteiger partial charge in [-0.1, -0.05) is 18.2 Å². The van der Waals surface area contributed by atoms with E-state index in [4.69, 9.17) is 18.8 Å². The van der Waals surface area contributed by atoms with Gasteiger partial charge in [-0.25, -0.2) is 9.59 Å². The van der Waals surface area contributed by atoms with Gasteiger partial charge in [0.2, 0.25) is 0 Å². The van der Waals surface area contributed by atoms with Gasteiger partial charge in [-0.15, -0.1) is 4.52 Å². The molecule has 2 aromatic rings. The number of hydrogen-bond donors (Lipinski definition) is 3. The monoisotopic (exact) mass is 553 g/mol. The quantitative estimate of drug-likeness (QED) is 0.290. The molecule has 1 aromatic heterocycles. The van der Waals surface area contributed by atoms with Crippen molar-refractivity contribution in [2.24, 2.45) is 0 Å². The Kier molecular flexibility index (Phi) is 9.52. The van der Waals surface area contributed by atoms with Crippen LogP contribution in [0.2, 0.25) is 0 Å². The van der Waals surface area contributed by atoms with Crippen LogP contribution in [0.25, 0.3) is 0 Å². The third kappa shape index (κ3) is 8.04. The number of amides is 1. The normalized spacial score (nSPS) is 20.6. The van der Waals surface area contributed by atoms with Gasteiger partial charge in [-0.2, -0.15) is 4.98 Å².